The van der Waals surface area contributed by atoms with Gasteiger partial charge in [0.25, 0.3) is 5.91 Å². The van der Waals surface area contributed by atoms with Crippen LogP contribution in [0.1, 0.15) is 24.8 Å². The summed E-state index contributed by atoms with van der Waals surface area (Å²) in [6, 6.07) is 17.6. The second-order valence-corrected chi connectivity index (χ2v) is 9.08. The maximum Gasteiger partial charge on any atom is 0.253 e. The van der Waals surface area contributed by atoms with Gasteiger partial charge < -0.3 is 4.90 Å². The molecule has 2 aromatic carbocycles. The van der Waals surface area contributed by atoms with Gasteiger partial charge in [-0.25, -0.2) is 5.01 Å². The molecule has 1 amide bonds. The van der Waals surface area contributed by atoms with E-state index in [9.17, 15) is 4.79 Å². The normalized spacial score (nSPS) is 16.0. The molecule has 2 aliphatic heterocycles. The molecule has 164 valence electrons. The third-order valence-electron chi connectivity index (χ3n) is 5.62. The molecule has 0 saturated carbocycles. The molecule has 0 spiro atoms. The summed E-state index contributed by atoms with van der Waals surface area (Å²) in [7, 11) is 0. The Morgan fingerprint density at radius 2 is 1.72 bits per heavy atom. The Balaban J connectivity index is 1.35. The largest absolute Gasteiger partial charge is 0.341 e. The van der Waals surface area contributed by atoms with Crippen LogP contribution in [0.15, 0.2) is 64.9 Å². The summed E-state index contributed by atoms with van der Waals surface area (Å²) >= 11 is 7.88. The number of benzene rings is 2. The summed E-state index contributed by atoms with van der Waals surface area (Å²) in [5.74, 6) is 0.960. The number of hydrogen-bond acceptors (Lipinski definition) is 6. The Morgan fingerprint density at radius 3 is 2.50 bits per heavy atom. The van der Waals surface area contributed by atoms with Crippen molar-refractivity contribution < 1.29 is 4.79 Å². The average Bonchev–Trinajstić information content (AvgIpc) is 3.59. The molecule has 0 atom stereocenters. The molecule has 2 aliphatic rings. The zero-order valence-corrected chi connectivity index (χ0v) is 19.1. The molecule has 1 saturated heterocycles. The van der Waals surface area contributed by atoms with E-state index in [-0.39, 0.29) is 11.7 Å². The van der Waals surface area contributed by atoms with E-state index in [1.807, 2.05) is 59.2 Å². The van der Waals surface area contributed by atoms with E-state index in [1.54, 1.807) is 5.01 Å². The van der Waals surface area contributed by atoms with Crippen molar-refractivity contribution in [3.8, 4) is 5.69 Å². The molecular formula is C23H23ClN6OS. The first-order valence-corrected chi connectivity index (χ1v) is 12.1. The minimum atomic E-state index is -0.0441. The highest BCUT2D eigenvalue weighted by atomic mass is 35.5. The van der Waals surface area contributed by atoms with Crippen LogP contribution in [0.3, 0.4) is 0 Å². The monoisotopic (exact) mass is 466 g/mol. The quantitative estimate of drug-likeness (QED) is 0.508. The lowest BCUT2D eigenvalue weighted by atomic mass is 10.1. The molecule has 7 nitrogen and oxygen atoms in total. The first kappa shape index (κ1) is 21.0. The van der Waals surface area contributed by atoms with Gasteiger partial charge in [-0.05, 0) is 30.5 Å². The predicted molar refractivity (Wildman–Crippen MR) is 128 cm³/mol. The maximum atomic E-state index is 12.9. The SMILES string of the molecule is O=C(CSc1nnc(N2CCCC2)n1-c1ccccc1Cl)N1CCC(c2ccccc2)=N1. The highest BCUT2D eigenvalue weighted by Gasteiger charge is 2.26. The summed E-state index contributed by atoms with van der Waals surface area (Å²) in [5, 5.41) is 16.2. The lowest BCUT2D eigenvalue weighted by molar-refractivity contribution is -0.127. The third-order valence-corrected chi connectivity index (χ3v) is 6.85. The average molecular weight is 467 g/mol. The number of carbonyl (C=O) groups is 1. The van der Waals surface area contributed by atoms with Crippen LogP contribution in [0.5, 0.6) is 0 Å². The highest BCUT2D eigenvalue weighted by Crippen LogP contribution is 2.32. The van der Waals surface area contributed by atoms with E-state index in [0.717, 1.165) is 55.3 Å². The molecule has 3 aromatic rings. The lowest BCUT2D eigenvalue weighted by Gasteiger charge is -2.19. The minimum absolute atomic E-state index is 0.0441. The van der Waals surface area contributed by atoms with Crippen LogP contribution >= 0.6 is 23.4 Å². The summed E-state index contributed by atoms with van der Waals surface area (Å²) in [6.45, 7) is 2.48. The standard InChI is InChI=1S/C23H23ClN6OS/c24-18-10-4-5-11-20(18)30-22(28-13-6-7-14-28)25-26-23(30)32-16-21(31)29-15-12-19(27-29)17-8-2-1-3-9-17/h1-5,8-11H,6-7,12-16H2. The Kier molecular flexibility index (Phi) is 6.14. The van der Waals surface area contributed by atoms with Crippen molar-refractivity contribution in [3.05, 3.63) is 65.2 Å². The molecule has 9 heteroatoms. The molecule has 1 fully saturated rings. The van der Waals surface area contributed by atoms with Gasteiger partial charge in [-0.1, -0.05) is 65.8 Å². The van der Waals surface area contributed by atoms with Crippen LogP contribution in [-0.2, 0) is 4.79 Å². The van der Waals surface area contributed by atoms with E-state index in [4.69, 9.17) is 11.6 Å². The van der Waals surface area contributed by atoms with Crippen molar-refractivity contribution in [2.24, 2.45) is 5.10 Å². The number of hydrogen-bond donors (Lipinski definition) is 0. The molecule has 0 unspecified atom stereocenters. The Hall–Kier alpha value is -2.84. The van der Waals surface area contributed by atoms with Crippen molar-refractivity contribution in [1.82, 2.24) is 19.8 Å². The number of rotatable bonds is 6. The molecule has 1 aromatic heterocycles. The second-order valence-electron chi connectivity index (χ2n) is 7.73. The number of hydrazone groups is 1. The molecule has 0 bridgehead atoms. The topological polar surface area (TPSA) is 66.6 Å². The highest BCUT2D eigenvalue weighted by molar-refractivity contribution is 7.99. The van der Waals surface area contributed by atoms with E-state index >= 15 is 0 Å². The minimum Gasteiger partial charge on any atom is -0.341 e. The van der Waals surface area contributed by atoms with Crippen LogP contribution in [0.25, 0.3) is 5.69 Å². The Labute approximate surface area is 196 Å². The van der Waals surface area contributed by atoms with Gasteiger partial charge in [0.15, 0.2) is 5.16 Å². The second kappa shape index (κ2) is 9.34. The fourth-order valence-electron chi connectivity index (χ4n) is 3.99. The Morgan fingerprint density at radius 1 is 0.969 bits per heavy atom. The molecule has 0 N–H and O–H groups in total. The fourth-order valence-corrected chi connectivity index (χ4v) is 5.02. The number of nitrogens with zero attached hydrogens (tertiary/aromatic N) is 6. The number of halogens is 1. The fraction of sp³-hybridized carbons (Fsp3) is 0.304. The van der Waals surface area contributed by atoms with E-state index in [1.165, 1.54) is 11.8 Å². The first-order valence-electron chi connectivity index (χ1n) is 10.7. The zero-order valence-electron chi connectivity index (χ0n) is 17.5. The zero-order chi connectivity index (χ0) is 21.9. The third kappa shape index (κ3) is 4.25. The number of amides is 1. The van der Waals surface area contributed by atoms with Crippen molar-refractivity contribution in [3.63, 3.8) is 0 Å². The van der Waals surface area contributed by atoms with Crippen LogP contribution in [0.4, 0.5) is 5.95 Å². The van der Waals surface area contributed by atoms with Gasteiger partial charge in [-0.3, -0.25) is 9.36 Å². The van der Waals surface area contributed by atoms with Crippen LogP contribution in [-0.4, -0.2) is 56.8 Å². The predicted octanol–water partition coefficient (Wildman–Crippen LogP) is 4.25. The molecule has 0 aliphatic carbocycles. The van der Waals surface area contributed by atoms with E-state index < -0.39 is 0 Å². The van der Waals surface area contributed by atoms with Gasteiger partial charge in [0, 0.05) is 19.5 Å². The summed E-state index contributed by atoms with van der Waals surface area (Å²) in [4.78, 5) is 15.1. The van der Waals surface area contributed by atoms with Gasteiger partial charge in [0.2, 0.25) is 5.95 Å². The number of carbonyl (C=O) groups excluding carboxylic acids is 1. The van der Waals surface area contributed by atoms with E-state index in [2.05, 4.69) is 20.2 Å². The van der Waals surface area contributed by atoms with Gasteiger partial charge in [-0.2, -0.15) is 5.10 Å². The van der Waals surface area contributed by atoms with Crippen LogP contribution < -0.4 is 4.90 Å². The first-order chi connectivity index (χ1) is 15.7. The summed E-state index contributed by atoms with van der Waals surface area (Å²) in [5.41, 5.74) is 2.82. The number of anilines is 1. The Bertz CT molecular complexity index is 1140. The van der Waals surface area contributed by atoms with Gasteiger partial charge in [0.05, 0.1) is 28.7 Å². The number of aromatic nitrogens is 3. The molecule has 5 rings (SSSR count). The van der Waals surface area contributed by atoms with Gasteiger partial charge >= 0.3 is 0 Å². The number of para-hydroxylation sites is 1. The van der Waals surface area contributed by atoms with Crippen molar-refractivity contribution in [2.75, 3.05) is 30.3 Å². The molecule has 32 heavy (non-hydrogen) atoms. The van der Waals surface area contributed by atoms with Gasteiger partial charge in [0.1, 0.15) is 0 Å². The van der Waals surface area contributed by atoms with Crippen LogP contribution in [0.2, 0.25) is 5.02 Å². The molecule has 3 heterocycles. The molecular weight excluding hydrogens is 444 g/mol. The summed E-state index contributed by atoms with van der Waals surface area (Å²) < 4.78 is 1.97. The molecule has 0 radical (unpaired) electrons. The maximum absolute atomic E-state index is 12.9. The van der Waals surface area contributed by atoms with Crippen molar-refractivity contribution in [2.45, 2.75) is 24.4 Å². The van der Waals surface area contributed by atoms with Crippen molar-refractivity contribution >= 4 is 40.9 Å². The van der Waals surface area contributed by atoms with Gasteiger partial charge in [-0.15, -0.1) is 10.2 Å². The summed E-state index contributed by atoms with van der Waals surface area (Å²) in [6.07, 6.45) is 3.02. The van der Waals surface area contributed by atoms with Crippen molar-refractivity contribution in [1.29, 1.82) is 0 Å². The van der Waals surface area contributed by atoms with Crippen LogP contribution in [0, 0.1) is 0 Å². The van der Waals surface area contributed by atoms with E-state index in [0.29, 0.717) is 16.7 Å². The smallest absolute Gasteiger partial charge is 0.253 e. The lowest BCUT2D eigenvalue weighted by Crippen LogP contribution is -2.25. The number of thioether (sulfide) groups is 1.